The van der Waals surface area contributed by atoms with Gasteiger partial charge >= 0.3 is 0 Å². The van der Waals surface area contributed by atoms with Crippen molar-refractivity contribution >= 4 is 6.29 Å². The van der Waals surface area contributed by atoms with Crippen LogP contribution in [0.15, 0.2) is 0 Å². The van der Waals surface area contributed by atoms with Gasteiger partial charge in [-0.1, -0.05) is 0 Å². The van der Waals surface area contributed by atoms with E-state index in [1.807, 2.05) is 0 Å². The summed E-state index contributed by atoms with van der Waals surface area (Å²) in [4.78, 5) is 10.7. The first kappa shape index (κ1) is 10.3. The minimum absolute atomic E-state index is 0.399. The summed E-state index contributed by atoms with van der Waals surface area (Å²) in [6.07, 6.45) is 6.34. The van der Waals surface area contributed by atoms with Crippen LogP contribution in [0.2, 0.25) is 0 Å². The van der Waals surface area contributed by atoms with Gasteiger partial charge in [0.1, 0.15) is 6.61 Å². The normalized spacial score (nSPS) is 9.50. The molecule has 0 aromatic carbocycles. The van der Waals surface area contributed by atoms with Crippen molar-refractivity contribution in [2.75, 3.05) is 6.61 Å². The van der Waals surface area contributed by atoms with Crippen molar-refractivity contribution in [3.05, 3.63) is 11.3 Å². The lowest BCUT2D eigenvalue weighted by atomic mass is 10.3. The van der Waals surface area contributed by atoms with Crippen LogP contribution in [0.5, 0.6) is 5.88 Å². The summed E-state index contributed by atoms with van der Waals surface area (Å²) in [6.45, 7) is 2.16. The summed E-state index contributed by atoms with van der Waals surface area (Å²) < 4.78 is 6.88. The molecule has 14 heavy (non-hydrogen) atoms. The highest BCUT2D eigenvalue weighted by Gasteiger charge is 2.12. The Morgan fingerprint density at radius 1 is 1.71 bits per heavy atom. The van der Waals surface area contributed by atoms with E-state index in [1.54, 1.807) is 14.0 Å². The fourth-order valence-electron chi connectivity index (χ4n) is 1.17. The molecular weight excluding hydrogens is 180 g/mol. The Labute approximate surface area is 82.9 Å². The maximum atomic E-state index is 10.7. The van der Waals surface area contributed by atoms with Crippen molar-refractivity contribution in [3.8, 4) is 18.2 Å². The first-order chi connectivity index (χ1) is 6.70. The molecule has 0 fully saturated rings. The number of aryl methyl sites for hydroxylation is 2. The van der Waals surface area contributed by atoms with Gasteiger partial charge < -0.3 is 4.74 Å². The first-order valence-corrected chi connectivity index (χ1v) is 4.25. The van der Waals surface area contributed by atoms with Crippen molar-refractivity contribution in [1.82, 2.24) is 9.78 Å². The molecule has 4 heteroatoms. The average molecular weight is 192 g/mol. The Morgan fingerprint density at radius 2 is 2.43 bits per heavy atom. The Hall–Kier alpha value is -1.76. The number of aldehydes is 1. The summed E-state index contributed by atoms with van der Waals surface area (Å²) in [5, 5.41) is 4.07. The first-order valence-electron chi connectivity index (χ1n) is 4.25. The van der Waals surface area contributed by atoms with Crippen LogP contribution in [-0.2, 0) is 7.05 Å². The highest BCUT2D eigenvalue weighted by molar-refractivity contribution is 5.80. The largest absolute Gasteiger partial charge is 0.476 e. The zero-order valence-electron chi connectivity index (χ0n) is 8.28. The number of aromatic nitrogens is 2. The van der Waals surface area contributed by atoms with E-state index in [2.05, 4.69) is 11.0 Å². The van der Waals surface area contributed by atoms with E-state index >= 15 is 0 Å². The predicted molar refractivity (Wildman–Crippen MR) is 52.3 cm³/mol. The molecule has 0 spiro atoms. The molecule has 0 aliphatic carbocycles. The average Bonchev–Trinajstić information content (AvgIpc) is 2.42. The second kappa shape index (κ2) is 4.47. The van der Waals surface area contributed by atoms with Crippen LogP contribution in [0.1, 0.15) is 22.5 Å². The van der Waals surface area contributed by atoms with Crippen LogP contribution in [-0.4, -0.2) is 22.7 Å². The monoisotopic (exact) mass is 192 g/mol. The van der Waals surface area contributed by atoms with E-state index in [0.29, 0.717) is 30.2 Å². The molecule has 0 atom stereocenters. The lowest BCUT2D eigenvalue weighted by molar-refractivity contribution is 0.111. The number of carbonyl (C=O) groups excluding carboxylic acids is 1. The Morgan fingerprint density at radius 3 is 3.00 bits per heavy atom. The molecule has 0 aliphatic heterocycles. The summed E-state index contributed by atoms with van der Waals surface area (Å²) >= 11 is 0. The molecular formula is C10H12N2O2. The molecule has 1 heterocycles. The third-order valence-electron chi connectivity index (χ3n) is 1.82. The molecule has 0 unspecified atom stereocenters. The van der Waals surface area contributed by atoms with Gasteiger partial charge in [0.25, 0.3) is 0 Å². The van der Waals surface area contributed by atoms with Gasteiger partial charge in [0.15, 0.2) is 6.29 Å². The molecule has 0 N–H and O–H groups in total. The van der Waals surface area contributed by atoms with Crippen molar-refractivity contribution < 1.29 is 9.53 Å². The van der Waals surface area contributed by atoms with Gasteiger partial charge in [-0.2, -0.15) is 5.10 Å². The van der Waals surface area contributed by atoms with Crippen LogP contribution in [0, 0.1) is 19.3 Å². The van der Waals surface area contributed by atoms with E-state index in [1.165, 1.54) is 4.68 Å². The van der Waals surface area contributed by atoms with Crippen molar-refractivity contribution in [3.63, 3.8) is 0 Å². The van der Waals surface area contributed by atoms with Gasteiger partial charge in [0.05, 0.1) is 11.3 Å². The molecule has 74 valence electrons. The second-order valence-corrected chi connectivity index (χ2v) is 2.85. The Kier molecular flexibility index (Phi) is 3.29. The second-order valence-electron chi connectivity index (χ2n) is 2.85. The van der Waals surface area contributed by atoms with Crippen LogP contribution in [0.3, 0.4) is 0 Å². The molecule has 0 amide bonds. The van der Waals surface area contributed by atoms with Gasteiger partial charge in [0.2, 0.25) is 5.88 Å². The van der Waals surface area contributed by atoms with E-state index in [4.69, 9.17) is 11.2 Å². The number of hydrogen-bond acceptors (Lipinski definition) is 3. The molecule has 0 radical (unpaired) electrons. The van der Waals surface area contributed by atoms with Crippen LogP contribution in [0.25, 0.3) is 0 Å². The topological polar surface area (TPSA) is 44.1 Å². The lowest BCUT2D eigenvalue weighted by Crippen LogP contribution is -2.03. The molecule has 0 aliphatic rings. The zero-order valence-corrected chi connectivity index (χ0v) is 8.28. The number of hydrogen-bond donors (Lipinski definition) is 0. The van der Waals surface area contributed by atoms with Gasteiger partial charge in [-0.15, -0.1) is 12.3 Å². The quantitative estimate of drug-likeness (QED) is 0.405. The molecule has 1 rings (SSSR count). The van der Waals surface area contributed by atoms with Crippen LogP contribution < -0.4 is 4.74 Å². The fourth-order valence-corrected chi connectivity index (χ4v) is 1.17. The molecule has 1 aromatic rings. The van der Waals surface area contributed by atoms with Gasteiger partial charge in [-0.05, 0) is 6.92 Å². The SMILES string of the molecule is C#CCCOc1c(C=O)c(C)nn1C. The predicted octanol–water partition coefficient (Wildman–Crippen LogP) is 0.943. The minimum atomic E-state index is 0.399. The van der Waals surface area contributed by atoms with Crippen molar-refractivity contribution in [1.29, 1.82) is 0 Å². The molecule has 0 saturated carbocycles. The van der Waals surface area contributed by atoms with Crippen molar-refractivity contribution in [2.45, 2.75) is 13.3 Å². The van der Waals surface area contributed by atoms with Gasteiger partial charge in [-0.3, -0.25) is 4.79 Å². The third kappa shape index (κ3) is 1.94. The lowest BCUT2D eigenvalue weighted by Gasteiger charge is -2.04. The van der Waals surface area contributed by atoms with Gasteiger partial charge in [-0.25, -0.2) is 4.68 Å². The number of terminal acetylenes is 1. The minimum Gasteiger partial charge on any atom is -0.476 e. The maximum absolute atomic E-state index is 10.7. The van der Waals surface area contributed by atoms with Crippen LogP contribution in [0.4, 0.5) is 0 Å². The number of rotatable bonds is 4. The molecule has 0 bridgehead atoms. The standard InChI is InChI=1S/C10H12N2O2/c1-4-5-6-14-10-9(7-13)8(2)11-12(10)3/h1,7H,5-6H2,2-3H3. The number of carbonyl (C=O) groups is 1. The van der Waals surface area contributed by atoms with Crippen molar-refractivity contribution in [2.24, 2.45) is 7.05 Å². The van der Waals surface area contributed by atoms with E-state index in [-0.39, 0.29) is 0 Å². The third-order valence-corrected chi connectivity index (χ3v) is 1.82. The van der Waals surface area contributed by atoms with Gasteiger partial charge in [0, 0.05) is 13.5 Å². The Bertz CT molecular complexity index is 374. The zero-order chi connectivity index (χ0) is 10.6. The summed E-state index contributed by atoms with van der Waals surface area (Å²) in [5.41, 5.74) is 1.16. The summed E-state index contributed by atoms with van der Waals surface area (Å²) in [7, 11) is 1.73. The molecule has 0 saturated heterocycles. The summed E-state index contributed by atoms with van der Waals surface area (Å²) in [5.74, 6) is 2.94. The maximum Gasteiger partial charge on any atom is 0.222 e. The summed E-state index contributed by atoms with van der Waals surface area (Å²) in [6, 6.07) is 0. The Balaban J connectivity index is 2.84. The fraction of sp³-hybridized carbons (Fsp3) is 0.400. The van der Waals surface area contributed by atoms with E-state index < -0.39 is 0 Å². The molecule has 4 nitrogen and oxygen atoms in total. The smallest absolute Gasteiger partial charge is 0.222 e. The van der Waals surface area contributed by atoms with E-state index in [9.17, 15) is 4.79 Å². The number of nitrogens with zero attached hydrogens (tertiary/aromatic N) is 2. The number of ether oxygens (including phenoxy) is 1. The van der Waals surface area contributed by atoms with Crippen LogP contribution >= 0.6 is 0 Å². The highest BCUT2D eigenvalue weighted by atomic mass is 16.5. The van der Waals surface area contributed by atoms with E-state index in [0.717, 1.165) is 6.29 Å². The highest BCUT2D eigenvalue weighted by Crippen LogP contribution is 2.18. The molecule has 1 aromatic heterocycles.